The quantitative estimate of drug-likeness (QED) is 0.848. The molecular formula is C13H19BrN2O. The van der Waals surface area contributed by atoms with Crippen molar-refractivity contribution in [1.29, 1.82) is 0 Å². The molecule has 1 aromatic carbocycles. The number of rotatable bonds is 6. The molecule has 0 saturated heterocycles. The first-order chi connectivity index (χ1) is 8.13. The maximum Gasteiger partial charge on any atom is 0.237 e. The topological polar surface area (TPSA) is 55.1 Å². The molecule has 4 heteroatoms. The number of carbonyl (C=O) groups excluding carboxylic acids is 1. The fourth-order valence-electron chi connectivity index (χ4n) is 1.52. The lowest BCUT2D eigenvalue weighted by Gasteiger charge is -2.11. The van der Waals surface area contributed by atoms with Gasteiger partial charge in [0.2, 0.25) is 5.91 Å². The number of carbonyl (C=O) groups is 1. The minimum atomic E-state index is -0.387. The van der Waals surface area contributed by atoms with E-state index < -0.39 is 0 Å². The number of nitrogens with one attached hydrogen (secondary N) is 1. The van der Waals surface area contributed by atoms with Crippen molar-refractivity contribution in [2.75, 3.05) is 0 Å². The third kappa shape index (κ3) is 5.33. The summed E-state index contributed by atoms with van der Waals surface area (Å²) < 4.78 is 1.01. The molecule has 0 aromatic heterocycles. The van der Waals surface area contributed by atoms with Gasteiger partial charge in [0.15, 0.2) is 0 Å². The van der Waals surface area contributed by atoms with Crippen molar-refractivity contribution < 1.29 is 4.79 Å². The molecule has 0 aliphatic rings. The molecule has 0 unspecified atom stereocenters. The maximum absolute atomic E-state index is 11.7. The van der Waals surface area contributed by atoms with Gasteiger partial charge in [-0.25, -0.2) is 0 Å². The van der Waals surface area contributed by atoms with Crippen molar-refractivity contribution >= 4 is 21.8 Å². The van der Waals surface area contributed by atoms with Crippen LogP contribution < -0.4 is 11.1 Å². The summed E-state index contributed by atoms with van der Waals surface area (Å²) in [4.78, 5) is 11.7. The number of amides is 1. The van der Waals surface area contributed by atoms with E-state index in [1.165, 1.54) is 0 Å². The Kier molecular flexibility index (Phi) is 6.22. The molecule has 0 heterocycles. The second-order valence-corrected chi connectivity index (χ2v) is 5.01. The lowest BCUT2D eigenvalue weighted by Crippen LogP contribution is -2.40. The summed E-state index contributed by atoms with van der Waals surface area (Å²) in [5.74, 6) is -0.0709. The highest BCUT2D eigenvalue weighted by atomic mass is 79.9. The van der Waals surface area contributed by atoms with Gasteiger partial charge in [0.05, 0.1) is 6.04 Å². The molecule has 0 radical (unpaired) electrons. The van der Waals surface area contributed by atoms with Crippen LogP contribution in [0.3, 0.4) is 0 Å². The van der Waals surface area contributed by atoms with Crippen LogP contribution in [0.1, 0.15) is 31.7 Å². The van der Waals surface area contributed by atoms with Crippen LogP contribution in [-0.2, 0) is 11.3 Å². The highest BCUT2D eigenvalue weighted by Gasteiger charge is 2.11. The molecule has 0 spiro atoms. The summed E-state index contributed by atoms with van der Waals surface area (Å²) in [7, 11) is 0. The number of benzene rings is 1. The van der Waals surface area contributed by atoms with E-state index in [-0.39, 0.29) is 11.9 Å². The zero-order chi connectivity index (χ0) is 12.7. The van der Waals surface area contributed by atoms with E-state index in [4.69, 9.17) is 5.73 Å². The van der Waals surface area contributed by atoms with Crippen LogP contribution in [0, 0.1) is 0 Å². The Bertz CT molecular complexity index is 368. The zero-order valence-corrected chi connectivity index (χ0v) is 11.7. The highest BCUT2D eigenvalue weighted by Crippen LogP contribution is 2.11. The van der Waals surface area contributed by atoms with Crippen LogP contribution >= 0.6 is 15.9 Å². The average molecular weight is 299 g/mol. The van der Waals surface area contributed by atoms with Gasteiger partial charge in [0, 0.05) is 11.0 Å². The van der Waals surface area contributed by atoms with Crippen LogP contribution in [0.15, 0.2) is 28.7 Å². The molecular weight excluding hydrogens is 280 g/mol. The summed E-state index contributed by atoms with van der Waals surface area (Å²) in [5.41, 5.74) is 6.84. The fourth-order valence-corrected chi connectivity index (χ4v) is 1.97. The predicted molar refractivity (Wildman–Crippen MR) is 73.5 cm³/mol. The largest absolute Gasteiger partial charge is 0.351 e. The Balaban J connectivity index is 2.37. The molecule has 1 aromatic rings. The normalized spacial score (nSPS) is 12.2. The number of nitrogens with two attached hydrogens (primary N) is 1. The average Bonchev–Trinajstić information content (AvgIpc) is 2.33. The fraction of sp³-hybridized carbons (Fsp3) is 0.462. The summed E-state index contributed by atoms with van der Waals surface area (Å²) in [5, 5.41) is 2.85. The predicted octanol–water partition coefficient (Wildman–Crippen LogP) is 2.58. The van der Waals surface area contributed by atoms with Gasteiger partial charge in [-0.2, -0.15) is 0 Å². The van der Waals surface area contributed by atoms with E-state index in [0.717, 1.165) is 29.3 Å². The second kappa shape index (κ2) is 7.45. The van der Waals surface area contributed by atoms with Crippen LogP contribution in [0.5, 0.6) is 0 Å². The van der Waals surface area contributed by atoms with Gasteiger partial charge < -0.3 is 11.1 Å². The summed E-state index contributed by atoms with van der Waals surface area (Å²) in [6.45, 7) is 2.62. The zero-order valence-electron chi connectivity index (χ0n) is 10.1. The molecule has 0 aliphatic heterocycles. The van der Waals surface area contributed by atoms with Crippen molar-refractivity contribution in [2.45, 2.75) is 38.8 Å². The Morgan fingerprint density at radius 3 is 2.94 bits per heavy atom. The summed E-state index contributed by atoms with van der Waals surface area (Å²) in [6, 6.07) is 7.48. The molecule has 0 fully saturated rings. The molecule has 17 heavy (non-hydrogen) atoms. The highest BCUT2D eigenvalue weighted by molar-refractivity contribution is 9.10. The molecule has 0 bridgehead atoms. The van der Waals surface area contributed by atoms with Crippen molar-refractivity contribution in [1.82, 2.24) is 5.32 Å². The lowest BCUT2D eigenvalue weighted by atomic mass is 10.1. The first-order valence-corrected chi connectivity index (χ1v) is 6.70. The molecule has 0 aliphatic carbocycles. The first kappa shape index (κ1) is 14.2. The number of hydrogen-bond acceptors (Lipinski definition) is 2. The van der Waals surface area contributed by atoms with Crippen LogP contribution in [0.4, 0.5) is 0 Å². The molecule has 3 N–H and O–H groups in total. The first-order valence-electron chi connectivity index (χ1n) is 5.91. The lowest BCUT2D eigenvalue weighted by molar-refractivity contribution is -0.122. The smallest absolute Gasteiger partial charge is 0.237 e. The summed E-state index contributed by atoms with van der Waals surface area (Å²) in [6.07, 6.45) is 2.80. The third-order valence-corrected chi connectivity index (χ3v) is 3.05. The van der Waals surface area contributed by atoms with E-state index in [2.05, 4.69) is 28.2 Å². The molecule has 1 rings (SSSR count). The SMILES string of the molecule is CCCC[C@H](N)C(=O)NCc1cccc(Br)c1. The number of halogens is 1. The minimum Gasteiger partial charge on any atom is -0.351 e. The Morgan fingerprint density at radius 2 is 2.29 bits per heavy atom. The number of hydrogen-bond donors (Lipinski definition) is 2. The van der Waals surface area contributed by atoms with Gasteiger partial charge in [-0.1, -0.05) is 47.8 Å². The van der Waals surface area contributed by atoms with Crippen molar-refractivity contribution in [3.63, 3.8) is 0 Å². The van der Waals surface area contributed by atoms with E-state index in [1.807, 2.05) is 24.3 Å². The monoisotopic (exact) mass is 298 g/mol. The molecule has 0 saturated carbocycles. The Hall–Kier alpha value is -0.870. The van der Waals surface area contributed by atoms with Gasteiger partial charge in [0.1, 0.15) is 0 Å². The van der Waals surface area contributed by atoms with Crippen molar-refractivity contribution in [3.8, 4) is 0 Å². The van der Waals surface area contributed by atoms with Crippen LogP contribution in [0.2, 0.25) is 0 Å². The van der Waals surface area contributed by atoms with E-state index in [0.29, 0.717) is 6.54 Å². The van der Waals surface area contributed by atoms with Crippen molar-refractivity contribution in [2.24, 2.45) is 5.73 Å². The van der Waals surface area contributed by atoms with Gasteiger partial charge in [-0.3, -0.25) is 4.79 Å². The Labute approximate surface area is 111 Å². The van der Waals surface area contributed by atoms with Crippen LogP contribution in [0.25, 0.3) is 0 Å². The summed E-state index contributed by atoms with van der Waals surface area (Å²) >= 11 is 3.39. The van der Waals surface area contributed by atoms with E-state index in [9.17, 15) is 4.79 Å². The van der Waals surface area contributed by atoms with Crippen LogP contribution in [-0.4, -0.2) is 11.9 Å². The molecule has 94 valence electrons. The van der Waals surface area contributed by atoms with Gasteiger partial charge in [0.25, 0.3) is 0 Å². The van der Waals surface area contributed by atoms with Crippen molar-refractivity contribution in [3.05, 3.63) is 34.3 Å². The maximum atomic E-state index is 11.7. The molecule has 1 atom stereocenters. The van der Waals surface area contributed by atoms with Gasteiger partial charge in [-0.15, -0.1) is 0 Å². The third-order valence-electron chi connectivity index (χ3n) is 2.56. The Morgan fingerprint density at radius 1 is 1.53 bits per heavy atom. The van der Waals surface area contributed by atoms with E-state index in [1.54, 1.807) is 0 Å². The number of unbranched alkanes of at least 4 members (excludes halogenated alkanes) is 1. The molecule has 3 nitrogen and oxygen atoms in total. The van der Waals surface area contributed by atoms with E-state index >= 15 is 0 Å². The second-order valence-electron chi connectivity index (χ2n) is 4.10. The van der Waals surface area contributed by atoms with Gasteiger partial charge >= 0.3 is 0 Å². The standard InChI is InChI=1S/C13H19BrN2O/c1-2-3-7-12(15)13(17)16-9-10-5-4-6-11(14)8-10/h4-6,8,12H,2-3,7,9,15H2,1H3,(H,16,17)/t12-/m0/s1. The molecule has 1 amide bonds. The minimum absolute atomic E-state index is 0.0709. The van der Waals surface area contributed by atoms with Gasteiger partial charge in [-0.05, 0) is 24.1 Å².